The van der Waals surface area contributed by atoms with Gasteiger partial charge >= 0.3 is 0 Å². The molecule has 104 valence electrons. The third-order valence-electron chi connectivity index (χ3n) is 2.29. The Balaban J connectivity index is 1.94. The predicted octanol–water partition coefficient (Wildman–Crippen LogP) is 2.72. The van der Waals surface area contributed by atoms with E-state index in [2.05, 4.69) is 15.5 Å². The number of hydrogen-bond acceptors (Lipinski definition) is 5. The maximum atomic E-state index is 11.6. The fraction of sp³-hybridized carbons (Fsp3) is 0.0833. The van der Waals surface area contributed by atoms with Crippen molar-refractivity contribution in [3.63, 3.8) is 0 Å². The Labute approximate surface area is 129 Å². The molecule has 1 aromatic heterocycles. The van der Waals surface area contributed by atoms with Crippen LogP contribution in [0, 0.1) is 0 Å². The molecule has 0 aliphatic carbocycles. The van der Waals surface area contributed by atoms with Gasteiger partial charge in [0.05, 0.1) is 28.4 Å². The van der Waals surface area contributed by atoms with Crippen molar-refractivity contribution in [2.75, 3.05) is 5.73 Å². The molecule has 8 heteroatoms. The van der Waals surface area contributed by atoms with Gasteiger partial charge in [-0.1, -0.05) is 29.3 Å². The summed E-state index contributed by atoms with van der Waals surface area (Å²) in [6, 6.07) is 5.11. The summed E-state index contributed by atoms with van der Waals surface area (Å²) in [5.74, 6) is -0.297. The molecule has 0 radical (unpaired) electrons. The van der Waals surface area contributed by atoms with Crippen LogP contribution in [0.3, 0.4) is 0 Å². The fourth-order valence-electron chi connectivity index (χ4n) is 1.41. The minimum atomic E-state index is -0.297. The van der Waals surface area contributed by atoms with Crippen LogP contribution in [0.1, 0.15) is 11.3 Å². The Morgan fingerprint density at radius 2 is 2.15 bits per heavy atom. The Kier molecular flexibility index (Phi) is 4.94. The molecule has 2 aromatic rings. The highest BCUT2D eigenvalue weighted by Gasteiger charge is 2.06. The quantitative estimate of drug-likeness (QED) is 0.668. The first-order valence-electron chi connectivity index (χ1n) is 5.52. The number of thiazole rings is 1. The third-order valence-corrected chi connectivity index (χ3v) is 3.68. The highest BCUT2D eigenvalue weighted by Crippen LogP contribution is 2.21. The van der Waals surface area contributed by atoms with E-state index in [1.54, 1.807) is 23.6 Å². The van der Waals surface area contributed by atoms with Gasteiger partial charge in [0.15, 0.2) is 5.13 Å². The zero-order valence-electron chi connectivity index (χ0n) is 10.1. The number of anilines is 1. The summed E-state index contributed by atoms with van der Waals surface area (Å²) in [7, 11) is 0. The minimum absolute atomic E-state index is 0.112. The molecule has 5 nitrogen and oxygen atoms in total. The van der Waals surface area contributed by atoms with Gasteiger partial charge in [-0.25, -0.2) is 10.4 Å². The standard InChI is InChI=1S/C12H10Cl2N4OS/c13-9-2-1-3-10(14)8(9)5-16-18-11(19)4-7-6-20-12(15)17-7/h1-3,5-6H,4H2,(H2,15,17)(H,18,19)/b16-5+. The molecule has 0 aliphatic rings. The molecule has 0 saturated carbocycles. The number of halogens is 2. The number of nitrogens with one attached hydrogen (secondary N) is 1. The molecule has 1 aromatic carbocycles. The monoisotopic (exact) mass is 328 g/mol. The zero-order chi connectivity index (χ0) is 14.5. The topological polar surface area (TPSA) is 80.4 Å². The van der Waals surface area contributed by atoms with Crippen LogP contribution in [-0.2, 0) is 11.2 Å². The van der Waals surface area contributed by atoms with Gasteiger partial charge in [0, 0.05) is 10.9 Å². The summed E-state index contributed by atoms with van der Waals surface area (Å²) in [6.07, 6.45) is 1.51. The number of benzene rings is 1. The van der Waals surface area contributed by atoms with Crippen LogP contribution in [0.4, 0.5) is 5.13 Å². The molecule has 1 heterocycles. The number of nitrogens with zero attached hydrogens (tertiary/aromatic N) is 2. The molecule has 1 amide bonds. The molecule has 0 aliphatic heterocycles. The number of hydrogen-bond donors (Lipinski definition) is 2. The molecule has 2 rings (SSSR count). The summed E-state index contributed by atoms with van der Waals surface area (Å²) in [5.41, 5.74) is 9.02. The SMILES string of the molecule is Nc1nc(CC(=O)N/N=C/c2c(Cl)cccc2Cl)cs1. The van der Waals surface area contributed by atoms with Gasteiger partial charge in [0.2, 0.25) is 5.91 Å². The first kappa shape index (κ1) is 14.8. The van der Waals surface area contributed by atoms with Crippen molar-refractivity contribution in [1.29, 1.82) is 0 Å². The van der Waals surface area contributed by atoms with Crippen LogP contribution in [0.15, 0.2) is 28.7 Å². The number of rotatable bonds is 4. The highest BCUT2D eigenvalue weighted by atomic mass is 35.5. The second kappa shape index (κ2) is 6.69. The summed E-state index contributed by atoms with van der Waals surface area (Å²) >= 11 is 13.2. The number of amides is 1. The van der Waals surface area contributed by atoms with E-state index in [0.717, 1.165) is 0 Å². The van der Waals surface area contributed by atoms with Crippen LogP contribution in [-0.4, -0.2) is 17.1 Å². The van der Waals surface area contributed by atoms with E-state index >= 15 is 0 Å². The molecule has 0 atom stereocenters. The third kappa shape index (κ3) is 3.93. The Morgan fingerprint density at radius 3 is 2.75 bits per heavy atom. The molecule has 0 spiro atoms. The lowest BCUT2D eigenvalue weighted by Gasteiger charge is -2.01. The van der Waals surface area contributed by atoms with Gasteiger partial charge in [0.25, 0.3) is 0 Å². The lowest BCUT2D eigenvalue weighted by Crippen LogP contribution is -2.20. The van der Waals surface area contributed by atoms with Crippen LogP contribution >= 0.6 is 34.5 Å². The van der Waals surface area contributed by atoms with Crippen molar-refractivity contribution >= 4 is 51.8 Å². The van der Waals surface area contributed by atoms with E-state index in [1.807, 2.05) is 0 Å². The van der Waals surface area contributed by atoms with Gasteiger partial charge in [-0.2, -0.15) is 5.10 Å². The zero-order valence-corrected chi connectivity index (χ0v) is 12.5. The minimum Gasteiger partial charge on any atom is -0.375 e. The van der Waals surface area contributed by atoms with Crippen LogP contribution < -0.4 is 11.2 Å². The maximum absolute atomic E-state index is 11.6. The Morgan fingerprint density at radius 1 is 1.45 bits per heavy atom. The molecule has 3 N–H and O–H groups in total. The van der Waals surface area contributed by atoms with Crippen molar-refractivity contribution in [3.8, 4) is 0 Å². The molecule has 0 saturated heterocycles. The first-order chi connectivity index (χ1) is 9.56. The lowest BCUT2D eigenvalue weighted by atomic mass is 10.2. The molecule has 0 bridgehead atoms. The Hall–Kier alpha value is -1.63. The second-order valence-corrected chi connectivity index (χ2v) is 5.49. The smallest absolute Gasteiger partial charge is 0.246 e. The number of aromatic nitrogens is 1. The Bertz CT molecular complexity index is 636. The number of nitrogen functional groups attached to an aromatic ring is 1. The highest BCUT2D eigenvalue weighted by molar-refractivity contribution is 7.13. The number of carbonyl (C=O) groups is 1. The van der Waals surface area contributed by atoms with E-state index < -0.39 is 0 Å². The largest absolute Gasteiger partial charge is 0.375 e. The van der Waals surface area contributed by atoms with Crippen LogP contribution in [0.5, 0.6) is 0 Å². The maximum Gasteiger partial charge on any atom is 0.246 e. The molecule has 0 unspecified atom stereocenters. The van der Waals surface area contributed by atoms with Crippen LogP contribution in [0.25, 0.3) is 0 Å². The lowest BCUT2D eigenvalue weighted by molar-refractivity contribution is -0.120. The van der Waals surface area contributed by atoms with Crippen molar-refractivity contribution in [2.24, 2.45) is 5.10 Å². The predicted molar refractivity (Wildman–Crippen MR) is 82.4 cm³/mol. The molecule has 20 heavy (non-hydrogen) atoms. The molecular formula is C12H10Cl2N4OS. The summed E-state index contributed by atoms with van der Waals surface area (Å²) in [5, 5.41) is 6.89. The van der Waals surface area contributed by atoms with Crippen molar-refractivity contribution < 1.29 is 4.79 Å². The summed E-state index contributed by atoms with van der Waals surface area (Å²) < 4.78 is 0. The fourth-order valence-corrected chi connectivity index (χ4v) is 2.47. The van der Waals surface area contributed by atoms with E-state index in [4.69, 9.17) is 28.9 Å². The van der Waals surface area contributed by atoms with Gasteiger partial charge in [0.1, 0.15) is 0 Å². The summed E-state index contributed by atoms with van der Waals surface area (Å²) in [4.78, 5) is 15.6. The number of nitrogens with two attached hydrogens (primary N) is 1. The first-order valence-corrected chi connectivity index (χ1v) is 7.15. The van der Waals surface area contributed by atoms with E-state index in [0.29, 0.717) is 26.4 Å². The second-order valence-electron chi connectivity index (χ2n) is 3.78. The number of carbonyl (C=O) groups excluding carboxylic acids is 1. The van der Waals surface area contributed by atoms with Gasteiger partial charge < -0.3 is 5.73 Å². The average molecular weight is 329 g/mol. The molecular weight excluding hydrogens is 319 g/mol. The van der Waals surface area contributed by atoms with E-state index in [9.17, 15) is 4.79 Å². The molecule has 0 fully saturated rings. The van der Waals surface area contributed by atoms with Gasteiger partial charge in [-0.3, -0.25) is 4.79 Å². The normalized spacial score (nSPS) is 10.9. The van der Waals surface area contributed by atoms with Crippen LogP contribution in [0.2, 0.25) is 10.0 Å². The van der Waals surface area contributed by atoms with Gasteiger partial charge in [-0.15, -0.1) is 11.3 Å². The average Bonchev–Trinajstić information content (AvgIpc) is 2.78. The van der Waals surface area contributed by atoms with E-state index in [-0.39, 0.29) is 12.3 Å². The van der Waals surface area contributed by atoms with Crippen molar-refractivity contribution in [1.82, 2.24) is 10.4 Å². The summed E-state index contributed by atoms with van der Waals surface area (Å²) in [6.45, 7) is 0. The van der Waals surface area contributed by atoms with Crippen molar-refractivity contribution in [3.05, 3.63) is 44.9 Å². The van der Waals surface area contributed by atoms with E-state index in [1.165, 1.54) is 17.6 Å². The van der Waals surface area contributed by atoms with Crippen molar-refractivity contribution in [2.45, 2.75) is 6.42 Å². The number of hydrazone groups is 1. The van der Waals surface area contributed by atoms with Gasteiger partial charge in [-0.05, 0) is 12.1 Å².